The predicted octanol–water partition coefficient (Wildman–Crippen LogP) is 0.547. The molecule has 5 heteroatoms. The van der Waals surface area contributed by atoms with Crippen LogP contribution in [0.2, 0.25) is 0 Å². The van der Waals surface area contributed by atoms with Gasteiger partial charge in [0.15, 0.2) is 5.82 Å². The Labute approximate surface area is 96.2 Å². The molecule has 1 aromatic rings. The maximum atomic E-state index is 5.87. The maximum absolute atomic E-state index is 5.87. The van der Waals surface area contributed by atoms with E-state index < -0.39 is 0 Å². The van der Waals surface area contributed by atoms with Crippen molar-refractivity contribution in [1.82, 2.24) is 14.9 Å². The van der Waals surface area contributed by atoms with Crippen molar-refractivity contribution in [3.8, 4) is 0 Å². The summed E-state index contributed by atoms with van der Waals surface area (Å²) in [7, 11) is 2.14. The molecule has 1 aromatic heterocycles. The molecule has 1 fully saturated rings. The molecule has 3 N–H and O–H groups in total. The van der Waals surface area contributed by atoms with Gasteiger partial charge in [0, 0.05) is 31.9 Å². The Balaban J connectivity index is 2.00. The number of hydrazine groups is 1. The number of rotatable bonds is 2. The van der Waals surface area contributed by atoms with E-state index in [1.807, 2.05) is 19.1 Å². The van der Waals surface area contributed by atoms with Gasteiger partial charge in [-0.3, -0.25) is 0 Å². The summed E-state index contributed by atoms with van der Waals surface area (Å²) in [5.41, 5.74) is 10.8. The first-order valence-corrected chi connectivity index (χ1v) is 5.58. The van der Waals surface area contributed by atoms with Crippen LogP contribution in [-0.4, -0.2) is 48.1 Å². The summed E-state index contributed by atoms with van der Waals surface area (Å²) < 4.78 is 0. The van der Waals surface area contributed by atoms with Gasteiger partial charge in [0.1, 0.15) is 0 Å². The van der Waals surface area contributed by atoms with Crippen LogP contribution in [0.5, 0.6) is 0 Å². The number of nitrogens with two attached hydrogens (primary N) is 1. The monoisotopic (exact) mass is 221 g/mol. The molecular weight excluding hydrogens is 202 g/mol. The highest BCUT2D eigenvalue weighted by Crippen LogP contribution is 2.16. The van der Waals surface area contributed by atoms with Crippen molar-refractivity contribution in [2.45, 2.75) is 6.92 Å². The van der Waals surface area contributed by atoms with Gasteiger partial charge < -0.3 is 16.1 Å². The van der Waals surface area contributed by atoms with Crippen molar-refractivity contribution in [3.05, 3.63) is 17.8 Å². The van der Waals surface area contributed by atoms with Crippen LogP contribution < -0.4 is 11.2 Å². The van der Waals surface area contributed by atoms with Crippen LogP contribution in [0.4, 0.5) is 11.5 Å². The second kappa shape index (κ2) is 4.67. The van der Waals surface area contributed by atoms with Crippen molar-refractivity contribution >= 4 is 11.5 Å². The Morgan fingerprint density at radius 3 is 2.62 bits per heavy atom. The minimum atomic E-state index is 0.699. The zero-order chi connectivity index (χ0) is 11.5. The minimum absolute atomic E-state index is 0.699. The lowest BCUT2D eigenvalue weighted by Crippen LogP contribution is -2.47. The number of pyridine rings is 1. The molecule has 0 unspecified atom stereocenters. The van der Waals surface area contributed by atoms with Crippen molar-refractivity contribution in [1.29, 1.82) is 0 Å². The van der Waals surface area contributed by atoms with E-state index in [1.54, 1.807) is 0 Å². The first-order valence-electron chi connectivity index (χ1n) is 5.58. The molecule has 2 rings (SSSR count). The average molecular weight is 221 g/mol. The maximum Gasteiger partial charge on any atom is 0.163 e. The fraction of sp³-hybridized carbons (Fsp3) is 0.545. The summed E-state index contributed by atoms with van der Waals surface area (Å²) in [6.07, 6.45) is 0. The van der Waals surface area contributed by atoms with Crippen molar-refractivity contribution < 1.29 is 0 Å². The standard InChI is InChI=1S/C11H19N5/c1-9-3-4-10(12)11(13-9)14-16-7-5-15(2)6-8-16/h3-4H,5-8,12H2,1-2H3,(H,13,14). The van der Waals surface area contributed by atoms with E-state index in [2.05, 4.69) is 27.4 Å². The number of nitrogens with zero attached hydrogens (tertiary/aromatic N) is 3. The normalized spacial score (nSPS) is 18.6. The first kappa shape index (κ1) is 11.2. The largest absolute Gasteiger partial charge is 0.396 e. The van der Waals surface area contributed by atoms with Crippen molar-refractivity contribution in [3.63, 3.8) is 0 Å². The summed E-state index contributed by atoms with van der Waals surface area (Å²) in [5, 5.41) is 2.16. The van der Waals surface area contributed by atoms with Crippen LogP contribution in [0.1, 0.15) is 5.69 Å². The molecule has 1 aliphatic heterocycles. The predicted molar refractivity (Wildman–Crippen MR) is 66.1 cm³/mol. The van der Waals surface area contributed by atoms with Crippen LogP contribution in [0.3, 0.4) is 0 Å². The molecule has 0 amide bonds. The summed E-state index contributed by atoms with van der Waals surface area (Å²) >= 11 is 0. The van der Waals surface area contributed by atoms with E-state index in [0.717, 1.165) is 37.7 Å². The zero-order valence-corrected chi connectivity index (χ0v) is 9.90. The van der Waals surface area contributed by atoms with Crippen LogP contribution in [-0.2, 0) is 0 Å². The van der Waals surface area contributed by atoms with E-state index in [-0.39, 0.29) is 0 Å². The van der Waals surface area contributed by atoms with Crippen LogP contribution in [0, 0.1) is 6.92 Å². The number of aromatic nitrogens is 1. The molecule has 1 saturated heterocycles. The fourth-order valence-corrected chi connectivity index (χ4v) is 1.73. The third-order valence-electron chi connectivity index (χ3n) is 2.83. The van der Waals surface area contributed by atoms with Crippen molar-refractivity contribution in [2.24, 2.45) is 0 Å². The molecule has 88 valence electrons. The Morgan fingerprint density at radius 2 is 1.94 bits per heavy atom. The van der Waals surface area contributed by atoms with Gasteiger partial charge in [0.05, 0.1) is 5.69 Å². The summed E-state index contributed by atoms with van der Waals surface area (Å²) in [4.78, 5) is 6.71. The molecule has 0 radical (unpaired) electrons. The highest BCUT2D eigenvalue weighted by molar-refractivity contribution is 5.60. The number of piperazine rings is 1. The lowest BCUT2D eigenvalue weighted by Gasteiger charge is -2.32. The second-order valence-corrected chi connectivity index (χ2v) is 4.29. The van der Waals surface area contributed by atoms with Gasteiger partial charge in [-0.05, 0) is 26.1 Å². The fourth-order valence-electron chi connectivity index (χ4n) is 1.73. The zero-order valence-electron chi connectivity index (χ0n) is 9.90. The minimum Gasteiger partial charge on any atom is -0.396 e. The molecule has 0 saturated carbocycles. The van der Waals surface area contributed by atoms with Gasteiger partial charge in [-0.15, -0.1) is 0 Å². The molecular formula is C11H19N5. The highest BCUT2D eigenvalue weighted by atomic mass is 15.5. The van der Waals surface area contributed by atoms with Crippen LogP contribution >= 0.6 is 0 Å². The van der Waals surface area contributed by atoms with Crippen LogP contribution in [0.25, 0.3) is 0 Å². The Morgan fingerprint density at radius 1 is 1.25 bits per heavy atom. The SMILES string of the molecule is Cc1ccc(N)c(NN2CCN(C)CC2)n1. The molecule has 0 bridgehead atoms. The Kier molecular flexibility index (Phi) is 3.26. The van der Waals surface area contributed by atoms with Crippen LogP contribution in [0.15, 0.2) is 12.1 Å². The Bertz CT molecular complexity index is 357. The van der Waals surface area contributed by atoms with Gasteiger partial charge in [0.2, 0.25) is 0 Å². The van der Waals surface area contributed by atoms with E-state index in [0.29, 0.717) is 5.69 Å². The molecule has 1 aliphatic rings. The topological polar surface area (TPSA) is 57.4 Å². The smallest absolute Gasteiger partial charge is 0.163 e. The van der Waals surface area contributed by atoms with E-state index in [9.17, 15) is 0 Å². The number of hydrogen-bond donors (Lipinski definition) is 2. The number of aryl methyl sites for hydroxylation is 1. The molecule has 0 aliphatic carbocycles. The summed E-state index contributed by atoms with van der Waals surface area (Å²) in [6, 6.07) is 3.81. The third kappa shape index (κ3) is 2.62. The van der Waals surface area contributed by atoms with E-state index in [1.165, 1.54) is 0 Å². The third-order valence-corrected chi connectivity index (χ3v) is 2.83. The van der Waals surface area contributed by atoms with Gasteiger partial charge in [-0.25, -0.2) is 9.99 Å². The average Bonchev–Trinajstić information content (AvgIpc) is 2.27. The number of hydrogen-bond acceptors (Lipinski definition) is 5. The summed E-state index contributed by atoms with van der Waals surface area (Å²) in [5.74, 6) is 0.768. The van der Waals surface area contributed by atoms with Gasteiger partial charge in [-0.1, -0.05) is 0 Å². The van der Waals surface area contributed by atoms with E-state index >= 15 is 0 Å². The quantitative estimate of drug-likeness (QED) is 0.763. The van der Waals surface area contributed by atoms with E-state index in [4.69, 9.17) is 5.73 Å². The molecule has 0 atom stereocenters. The number of anilines is 2. The first-order chi connectivity index (χ1) is 7.65. The number of nitrogens with one attached hydrogen (secondary N) is 1. The lowest BCUT2D eigenvalue weighted by molar-refractivity contribution is 0.178. The van der Waals surface area contributed by atoms with Crippen molar-refractivity contribution in [2.75, 3.05) is 44.4 Å². The van der Waals surface area contributed by atoms with Gasteiger partial charge in [0.25, 0.3) is 0 Å². The number of likely N-dealkylation sites (N-methyl/N-ethyl adjacent to an activating group) is 1. The summed E-state index contributed by atoms with van der Waals surface area (Å²) in [6.45, 7) is 6.09. The highest BCUT2D eigenvalue weighted by Gasteiger charge is 2.14. The molecule has 0 spiro atoms. The van der Waals surface area contributed by atoms with Gasteiger partial charge >= 0.3 is 0 Å². The molecule has 16 heavy (non-hydrogen) atoms. The Hall–Kier alpha value is -1.33. The second-order valence-electron chi connectivity index (χ2n) is 4.29. The number of nitrogen functional groups attached to an aromatic ring is 1. The lowest BCUT2D eigenvalue weighted by atomic mass is 10.3. The molecule has 0 aromatic carbocycles. The molecule has 2 heterocycles. The van der Waals surface area contributed by atoms with Gasteiger partial charge in [-0.2, -0.15) is 0 Å². The molecule has 5 nitrogen and oxygen atoms in total.